The zero-order valence-electron chi connectivity index (χ0n) is 12.8. The molecule has 5 heteroatoms. The molecule has 1 N–H and O–H groups in total. The Labute approximate surface area is 130 Å². The normalized spacial score (nSPS) is 18.6. The van der Waals surface area contributed by atoms with E-state index in [1.807, 2.05) is 18.5 Å². The molecule has 2 aromatic rings. The number of ether oxygens (including phenoxy) is 2. The van der Waals surface area contributed by atoms with E-state index in [1.54, 1.807) is 7.11 Å². The number of imidazole rings is 1. The van der Waals surface area contributed by atoms with Gasteiger partial charge in [0, 0.05) is 32.1 Å². The number of methoxy groups -OCH3 is 1. The molecule has 0 atom stereocenters. The van der Waals surface area contributed by atoms with Crippen molar-refractivity contribution in [2.24, 2.45) is 0 Å². The Kier molecular flexibility index (Phi) is 3.39. The number of fused-ring (bicyclic) bond motifs is 4. The second-order valence-electron chi connectivity index (χ2n) is 5.97. The molecule has 22 heavy (non-hydrogen) atoms. The van der Waals surface area contributed by atoms with Crippen molar-refractivity contribution in [3.8, 4) is 17.0 Å². The van der Waals surface area contributed by atoms with Gasteiger partial charge in [-0.1, -0.05) is 12.1 Å². The lowest BCUT2D eigenvalue weighted by molar-refractivity contribution is 0.0220. The second-order valence-corrected chi connectivity index (χ2v) is 5.97. The van der Waals surface area contributed by atoms with E-state index in [9.17, 15) is 0 Å². The van der Waals surface area contributed by atoms with Gasteiger partial charge in [0.2, 0.25) is 0 Å². The predicted molar refractivity (Wildman–Crippen MR) is 83.9 cm³/mol. The molecule has 2 aliphatic heterocycles. The zero-order valence-corrected chi connectivity index (χ0v) is 12.8. The van der Waals surface area contributed by atoms with Gasteiger partial charge in [-0.05, 0) is 25.2 Å². The fraction of sp³-hybridized carbons (Fsp3) is 0.471. The predicted octanol–water partition coefficient (Wildman–Crippen LogP) is 2.17. The minimum atomic E-state index is -0.265. The molecule has 1 fully saturated rings. The number of rotatable bonds is 3. The van der Waals surface area contributed by atoms with Crippen molar-refractivity contribution in [1.29, 1.82) is 0 Å². The van der Waals surface area contributed by atoms with Crippen molar-refractivity contribution in [1.82, 2.24) is 14.9 Å². The molecule has 1 spiro atoms. The summed E-state index contributed by atoms with van der Waals surface area (Å²) >= 11 is 0. The largest absolute Gasteiger partial charge is 0.480 e. The second kappa shape index (κ2) is 5.41. The van der Waals surface area contributed by atoms with E-state index >= 15 is 0 Å². The van der Waals surface area contributed by atoms with Gasteiger partial charge in [0.15, 0.2) is 5.60 Å². The molecule has 3 heterocycles. The van der Waals surface area contributed by atoms with Crippen LogP contribution >= 0.6 is 0 Å². The van der Waals surface area contributed by atoms with Crippen LogP contribution in [0.15, 0.2) is 30.6 Å². The van der Waals surface area contributed by atoms with Gasteiger partial charge in [-0.25, -0.2) is 4.98 Å². The van der Waals surface area contributed by atoms with Crippen LogP contribution < -0.4 is 10.1 Å². The molecule has 0 bridgehead atoms. The van der Waals surface area contributed by atoms with Crippen LogP contribution in [0.3, 0.4) is 0 Å². The smallest absolute Gasteiger partial charge is 0.153 e. The quantitative estimate of drug-likeness (QED) is 0.943. The Hall–Kier alpha value is -1.85. The Morgan fingerprint density at radius 2 is 2.14 bits per heavy atom. The fourth-order valence-corrected chi connectivity index (χ4v) is 3.60. The minimum absolute atomic E-state index is 0.265. The molecular formula is C17H21N3O2. The molecule has 0 aliphatic carbocycles. The highest BCUT2D eigenvalue weighted by atomic mass is 16.5. The number of aromatic nitrogens is 2. The van der Waals surface area contributed by atoms with Crippen LogP contribution in [0.4, 0.5) is 0 Å². The maximum absolute atomic E-state index is 6.52. The molecule has 1 aromatic heterocycles. The van der Waals surface area contributed by atoms with E-state index in [2.05, 4.69) is 22.0 Å². The number of para-hydroxylation sites is 1. The molecule has 4 rings (SSSR count). The monoisotopic (exact) mass is 299 g/mol. The lowest BCUT2D eigenvalue weighted by Crippen LogP contribution is -2.46. The van der Waals surface area contributed by atoms with Crippen LogP contribution in [0.25, 0.3) is 11.3 Å². The van der Waals surface area contributed by atoms with Crippen LogP contribution in [-0.2, 0) is 16.9 Å². The lowest BCUT2D eigenvalue weighted by Gasteiger charge is -2.42. The summed E-state index contributed by atoms with van der Waals surface area (Å²) in [6.07, 6.45) is 3.86. The van der Waals surface area contributed by atoms with E-state index in [4.69, 9.17) is 14.5 Å². The van der Waals surface area contributed by atoms with Gasteiger partial charge < -0.3 is 19.4 Å². The third-order valence-corrected chi connectivity index (χ3v) is 4.66. The third kappa shape index (κ3) is 2.04. The maximum Gasteiger partial charge on any atom is 0.153 e. The van der Waals surface area contributed by atoms with Crippen LogP contribution in [0.2, 0.25) is 0 Å². The highest BCUT2D eigenvalue weighted by molar-refractivity contribution is 5.72. The van der Waals surface area contributed by atoms with Crippen molar-refractivity contribution >= 4 is 0 Å². The van der Waals surface area contributed by atoms with Crippen LogP contribution in [0.1, 0.15) is 18.5 Å². The summed E-state index contributed by atoms with van der Waals surface area (Å²) in [4.78, 5) is 4.71. The fourth-order valence-electron chi connectivity index (χ4n) is 3.60. The first-order valence-corrected chi connectivity index (χ1v) is 7.88. The summed E-state index contributed by atoms with van der Waals surface area (Å²) in [6.45, 7) is 3.42. The standard InChI is InChI=1S/C17H21N3O2/c1-21-11-10-20-12-19-15-13-4-2-3-5-14(13)22-17(16(15)20)6-8-18-9-7-17/h2-5,12,18H,6-11H2,1H3. The van der Waals surface area contributed by atoms with Crippen molar-refractivity contribution in [3.05, 3.63) is 36.3 Å². The average Bonchev–Trinajstić information content (AvgIpc) is 2.99. The number of piperidine rings is 1. The van der Waals surface area contributed by atoms with Crippen molar-refractivity contribution in [2.45, 2.75) is 25.0 Å². The first-order valence-electron chi connectivity index (χ1n) is 7.88. The van der Waals surface area contributed by atoms with Crippen molar-refractivity contribution in [2.75, 3.05) is 26.8 Å². The summed E-state index contributed by atoms with van der Waals surface area (Å²) in [7, 11) is 1.73. The van der Waals surface area contributed by atoms with Gasteiger partial charge in [0.25, 0.3) is 0 Å². The van der Waals surface area contributed by atoms with E-state index in [0.717, 1.165) is 49.5 Å². The van der Waals surface area contributed by atoms with E-state index in [1.165, 1.54) is 5.69 Å². The minimum Gasteiger partial charge on any atom is -0.480 e. The molecule has 0 radical (unpaired) electrons. The van der Waals surface area contributed by atoms with Crippen LogP contribution in [0.5, 0.6) is 5.75 Å². The number of nitrogens with zero attached hydrogens (tertiary/aromatic N) is 2. The van der Waals surface area contributed by atoms with Crippen LogP contribution in [-0.4, -0.2) is 36.4 Å². The molecule has 1 saturated heterocycles. The number of benzene rings is 1. The van der Waals surface area contributed by atoms with Crippen molar-refractivity contribution in [3.63, 3.8) is 0 Å². The highest BCUT2D eigenvalue weighted by Gasteiger charge is 2.45. The van der Waals surface area contributed by atoms with Gasteiger partial charge in [-0.2, -0.15) is 0 Å². The van der Waals surface area contributed by atoms with Crippen molar-refractivity contribution < 1.29 is 9.47 Å². The van der Waals surface area contributed by atoms with Crippen LogP contribution in [0, 0.1) is 0 Å². The average molecular weight is 299 g/mol. The number of nitrogens with one attached hydrogen (secondary N) is 1. The first kappa shape index (κ1) is 13.8. The first-order chi connectivity index (χ1) is 10.8. The summed E-state index contributed by atoms with van der Waals surface area (Å²) < 4.78 is 14.0. The molecule has 0 amide bonds. The third-order valence-electron chi connectivity index (χ3n) is 4.66. The number of hydrogen-bond acceptors (Lipinski definition) is 4. The van der Waals surface area contributed by atoms with Gasteiger partial charge >= 0.3 is 0 Å². The molecule has 0 saturated carbocycles. The van der Waals surface area contributed by atoms with Gasteiger partial charge in [-0.3, -0.25) is 0 Å². The van der Waals surface area contributed by atoms with Gasteiger partial charge in [0.05, 0.1) is 24.3 Å². The Balaban J connectivity index is 1.86. The van der Waals surface area contributed by atoms with E-state index in [0.29, 0.717) is 6.61 Å². The molecule has 1 aromatic carbocycles. The summed E-state index contributed by atoms with van der Waals surface area (Å²) in [5.74, 6) is 0.953. The maximum atomic E-state index is 6.52. The van der Waals surface area contributed by atoms with Gasteiger partial charge in [0.1, 0.15) is 5.75 Å². The molecule has 2 aliphatic rings. The Morgan fingerprint density at radius 1 is 1.32 bits per heavy atom. The number of hydrogen-bond donors (Lipinski definition) is 1. The molecule has 5 nitrogen and oxygen atoms in total. The zero-order chi connectivity index (χ0) is 15.0. The lowest BCUT2D eigenvalue weighted by atomic mass is 9.84. The highest BCUT2D eigenvalue weighted by Crippen LogP contribution is 2.48. The molecule has 116 valence electrons. The summed E-state index contributed by atoms with van der Waals surface area (Å²) in [6, 6.07) is 8.22. The summed E-state index contributed by atoms with van der Waals surface area (Å²) in [5.41, 5.74) is 3.11. The SMILES string of the molecule is COCCn1cnc2c1C1(CCNCC1)Oc1ccccc1-2. The Morgan fingerprint density at radius 3 is 2.95 bits per heavy atom. The Bertz CT molecular complexity index is 674. The summed E-state index contributed by atoms with van der Waals surface area (Å²) in [5, 5.41) is 3.43. The topological polar surface area (TPSA) is 48.3 Å². The van der Waals surface area contributed by atoms with E-state index in [-0.39, 0.29) is 5.60 Å². The molecule has 0 unspecified atom stereocenters. The van der Waals surface area contributed by atoms with Gasteiger partial charge in [-0.15, -0.1) is 0 Å². The molecular weight excluding hydrogens is 278 g/mol. The van der Waals surface area contributed by atoms with E-state index < -0.39 is 0 Å².